The Morgan fingerprint density at radius 1 is 1.00 bits per heavy atom. The molecule has 2 aromatic carbocycles. The van der Waals surface area contributed by atoms with Crippen molar-refractivity contribution in [2.75, 3.05) is 0 Å². The van der Waals surface area contributed by atoms with Gasteiger partial charge in [-0.1, -0.05) is 30.3 Å². The standard InChI is InChI=1S/C21H25NO4/c1-15(19(23)22-21(2,3)4)26-20(24)17-10-12-18(13-11-17)25-14-16-8-6-5-7-9-16/h5-13,15H,14H2,1-4H3,(H,22,23)/t15-/m1/s1. The van der Waals surface area contributed by atoms with Crippen LogP contribution in [0.25, 0.3) is 0 Å². The molecule has 0 aliphatic heterocycles. The van der Waals surface area contributed by atoms with Crippen molar-refractivity contribution in [3.8, 4) is 5.75 Å². The van der Waals surface area contributed by atoms with Gasteiger partial charge in [-0.05, 0) is 57.5 Å². The third-order valence-electron chi connectivity index (χ3n) is 3.49. The molecule has 1 atom stereocenters. The highest BCUT2D eigenvalue weighted by molar-refractivity contribution is 5.92. The Kier molecular flexibility index (Phi) is 6.39. The molecule has 1 N–H and O–H groups in total. The minimum absolute atomic E-state index is 0.325. The minimum Gasteiger partial charge on any atom is -0.489 e. The van der Waals surface area contributed by atoms with Crippen molar-refractivity contribution in [1.29, 1.82) is 0 Å². The number of carbonyl (C=O) groups is 2. The van der Waals surface area contributed by atoms with Crippen LogP contribution in [0.1, 0.15) is 43.6 Å². The molecule has 0 aliphatic carbocycles. The Balaban J connectivity index is 1.88. The Morgan fingerprint density at radius 3 is 2.19 bits per heavy atom. The fraction of sp³-hybridized carbons (Fsp3) is 0.333. The van der Waals surface area contributed by atoms with E-state index in [-0.39, 0.29) is 11.4 Å². The molecule has 2 rings (SSSR count). The summed E-state index contributed by atoms with van der Waals surface area (Å²) < 4.78 is 10.9. The molecule has 5 nitrogen and oxygen atoms in total. The van der Waals surface area contributed by atoms with Gasteiger partial charge >= 0.3 is 5.97 Å². The van der Waals surface area contributed by atoms with Crippen molar-refractivity contribution < 1.29 is 19.1 Å². The summed E-state index contributed by atoms with van der Waals surface area (Å²) in [5.41, 5.74) is 1.05. The monoisotopic (exact) mass is 355 g/mol. The van der Waals surface area contributed by atoms with Gasteiger partial charge in [-0.2, -0.15) is 0 Å². The summed E-state index contributed by atoms with van der Waals surface area (Å²) >= 11 is 0. The van der Waals surface area contributed by atoms with E-state index in [1.165, 1.54) is 0 Å². The molecule has 0 saturated carbocycles. The van der Waals surface area contributed by atoms with Crippen LogP contribution in [0.4, 0.5) is 0 Å². The molecule has 0 saturated heterocycles. The smallest absolute Gasteiger partial charge is 0.338 e. The predicted octanol–water partition coefficient (Wildman–Crippen LogP) is 3.73. The average Bonchev–Trinajstić information content (AvgIpc) is 2.59. The predicted molar refractivity (Wildman–Crippen MR) is 100.0 cm³/mol. The quantitative estimate of drug-likeness (QED) is 0.802. The maximum atomic E-state index is 12.2. The molecule has 26 heavy (non-hydrogen) atoms. The maximum Gasteiger partial charge on any atom is 0.338 e. The molecule has 0 heterocycles. The van der Waals surface area contributed by atoms with E-state index in [0.717, 1.165) is 5.56 Å². The molecule has 1 amide bonds. The number of rotatable bonds is 6. The van der Waals surface area contributed by atoms with Gasteiger partial charge in [0.15, 0.2) is 6.10 Å². The van der Waals surface area contributed by atoms with Gasteiger partial charge in [0.05, 0.1) is 5.56 Å². The van der Waals surface area contributed by atoms with Gasteiger partial charge in [0.25, 0.3) is 5.91 Å². The van der Waals surface area contributed by atoms with Gasteiger partial charge < -0.3 is 14.8 Å². The molecule has 2 aromatic rings. The molecule has 0 unspecified atom stereocenters. The first-order valence-corrected chi connectivity index (χ1v) is 8.54. The molecule has 0 aliphatic rings. The van der Waals surface area contributed by atoms with Crippen LogP contribution in [0, 0.1) is 0 Å². The number of ether oxygens (including phenoxy) is 2. The minimum atomic E-state index is -0.865. The second-order valence-corrected chi connectivity index (χ2v) is 7.09. The van der Waals surface area contributed by atoms with Crippen molar-refractivity contribution in [2.45, 2.75) is 45.9 Å². The molecular weight excluding hydrogens is 330 g/mol. The molecule has 0 bridgehead atoms. The highest BCUT2D eigenvalue weighted by atomic mass is 16.5. The summed E-state index contributed by atoms with van der Waals surface area (Å²) in [4.78, 5) is 24.2. The van der Waals surface area contributed by atoms with E-state index in [1.54, 1.807) is 31.2 Å². The molecule has 0 fully saturated rings. The molecule has 5 heteroatoms. The average molecular weight is 355 g/mol. The number of amides is 1. The highest BCUT2D eigenvalue weighted by Crippen LogP contribution is 2.15. The lowest BCUT2D eigenvalue weighted by atomic mass is 10.1. The van der Waals surface area contributed by atoms with Gasteiger partial charge in [0, 0.05) is 5.54 Å². The van der Waals surface area contributed by atoms with Crippen LogP contribution in [-0.2, 0) is 16.1 Å². The van der Waals surface area contributed by atoms with Crippen molar-refractivity contribution in [3.63, 3.8) is 0 Å². The number of carbonyl (C=O) groups excluding carboxylic acids is 2. The number of hydrogen-bond donors (Lipinski definition) is 1. The normalized spacial score (nSPS) is 12.2. The summed E-state index contributed by atoms with van der Waals surface area (Å²) in [6.45, 7) is 7.61. The number of esters is 1. The van der Waals surface area contributed by atoms with Crippen LogP contribution in [0.15, 0.2) is 54.6 Å². The van der Waals surface area contributed by atoms with Crippen molar-refractivity contribution in [2.24, 2.45) is 0 Å². The van der Waals surface area contributed by atoms with Gasteiger partial charge in [0.1, 0.15) is 12.4 Å². The fourth-order valence-electron chi connectivity index (χ4n) is 2.18. The second-order valence-electron chi connectivity index (χ2n) is 7.09. The number of hydrogen-bond acceptors (Lipinski definition) is 4. The van der Waals surface area contributed by atoms with Crippen molar-refractivity contribution in [1.82, 2.24) is 5.32 Å². The van der Waals surface area contributed by atoms with Crippen LogP contribution >= 0.6 is 0 Å². The maximum absolute atomic E-state index is 12.2. The summed E-state index contributed by atoms with van der Waals surface area (Å²) in [7, 11) is 0. The van der Waals surface area contributed by atoms with E-state index in [9.17, 15) is 9.59 Å². The van der Waals surface area contributed by atoms with Gasteiger partial charge in [0.2, 0.25) is 0 Å². The topological polar surface area (TPSA) is 64.6 Å². The lowest BCUT2D eigenvalue weighted by Crippen LogP contribution is -2.46. The summed E-state index contributed by atoms with van der Waals surface area (Å²) in [6.07, 6.45) is -0.865. The van der Waals surface area contributed by atoms with Gasteiger partial charge in [-0.25, -0.2) is 4.79 Å². The first kappa shape index (κ1) is 19.5. The molecule has 0 aromatic heterocycles. The third kappa shape index (κ3) is 6.24. The third-order valence-corrected chi connectivity index (χ3v) is 3.49. The summed E-state index contributed by atoms with van der Waals surface area (Å²) in [5.74, 6) is -0.214. The van der Waals surface area contributed by atoms with E-state index in [1.807, 2.05) is 51.1 Å². The van der Waals surface area contributed by atoms with E-state index in [0.29, 0.717) is 17.9 Å². The zero-order valence-corrected chi connectivity index (χ0v) is 15.6. The zero-order valence-electron chi connectivity index (χ0n) is 15.6. The first-order valence-electron chi connectivity index (χ1n) is 8.54. The molecule has 0 radical (unpaired) electrons. The lowest BCUT2D eigenvalue weighted by molar-refractivity contribution is -0.130. The zero-order chi connectivity index (χ0) is 19.2. The Bertz CT molecular complexity index is 733. The summed E-state index contributed by atoms with van der Waals surface area (Å²) in [6, 6.07) is 16.5. The van der Waals surface area contributed by atoms with Crippen LogP contribution in [0.2, 0.25) is 0 Å². The number of nitrogens with one attached hydrogen (secondary N) is 1. The van der Waals surface area contributed by atoms with Crippen LogP contribution in [0.5, 0.6) is 5.75 Å². The molecular formula is C21H25NO4. The SMILES string of the molecule is C[C@@H](OC(=O)c1ccc(OCc2ccccc2)cc1)C(=O)NC(C)(C)C. The van der Waals surface area contributed by atoms with Gasteiger partial charge in [-0.3, -0.25) is 4.79 Å². The summed E-state index contributed by atoms with van der Waals surface area (Å²) in [5, 5.41) is 2.78. The van der Waals surface area contributed by atoms with Gasteiger partial charge in [-0.15, -0.1) is 0 Å². The van der Waals surface area contributed by atoms with E-state index in [2.05, 4.69) is 5.32 Å². The van der Waals surface area contributed by atoms with Crippen LogP contribution in [-0.4, -0.2) is 23.5 Å². The lowest BCUT2D eigenvalue weighted by Gasteiger charge is -2.23. The Labute approximate surface area is 154 Å². The van der Waals surface area contributed by atoms with Crippen LogP contribution in [0.3, 0.4) is 0 Å². The second kappa shape index (κ2) is 8.52. The van der Waals surface area contributed by atoms with E-state index < -0.39 is 12.1 Å². The number of benzene rings is 2. The van der Waals surface area contributed by atoms with Crippen molar-refractivity contribution >= 4 is 11.9 Å². The molecule has 0 spiro atoms. The Morgan fingerprint density at radius 2 is 1.62 bits per heavy atom. The van der Waals surface area contributed by atoms with E-state index >= 15 is 0 Å². The van der Waals surface area contributed by atoms with Crippen LogP contribution < -0.4 is 10.1 Å². The Hall–Kier alpha value is -2.82. The van der Waals surface area contributed by atoms with Crippen molar-refractivity contribution in [3.05, 3.63) is 65.7 Å². The first-order chi connectivity index (χ1) is 12.2. The highest BCUT2D eigenvalue weighted by Gasteiger charge is 2.22. The fourth-order valence-corrected chi connectivity index (χ4v) is 2.18. The van der Waals surface area contributed by atoms with E-state index in [4.69, 9.17) is 9.47 Å². The largest absolute Gasteiger partial charge is 0.489 e. The molecule has 138 valence electrons.